The molecule has 2 aromatic carbocycles. The maximum atomic E-state index is 12.0. The van der Waals surface area contributed by atoms with Gasteiger partial charge < -0.3 is 15.8 Å². The van der Waals surface area contributed by atoms with Crippen molar-refractivity contribution in [2.24, 2.45) is 11.1 Å². The first kappa shape index (κ1) is 20.3. The van der Waals surface area contributed by atoms with Crippen LogP contribution in [0.3, 0.4) is 0 Å². The van der Waals surface area contributed by atoms with E-state index in [2.05, 4.69) is 26.1 Å². The van der Waals surface area contributed by atoms with Crippen molar-refractivity contribution in [3.8, 4) is 0 Å². The quantitative estimate of drug-likeness (QED) is 0.711. The van der Waals surface area contributed by atoms with E-state index in [0.29, 0.717) is 10.0 Å². The molecule has 1 aliphatic heterocycles. The molecule has 0 unspecified atom stereocenters. The van der Waals surface area contributed by atoms with Gasteiger partial charge in [0, 0.05) is 22.0 Å². The van der Waals surface area contributed by atoms with E-state index < -0.39 is 11.6 Å². The molecular weight excluding hydrogens is 379 g/mol. The van der Waals surface area contributed by atoms with Gasteiger partial charge in [-0.2, -0.15) is 0 Å². The Kier molecular flexibility index (Phi) is 5.69. The molecule has 3 nitrogen and oxygen atoms in total. The summed E-state index contributed by atoms with van der Waals surface area (Å²) in [7, 11) is 0. The normalized spacial score (nSPS) is 28.3. The topological polar surface area (TPSA) is 55.1 Å². The molecule has 0 saturated carbocycles. The molecule has 3 N–H and O–H groups in total. The predicted octanol–water partition coefficient (Wildman–Crippen LogP) is 4.91. The van der Waals surface area contributed by atoms with E-state index >= 15 is 0 Å². The van der Waals surface area contributed by atoms with Crippen LogP contribution in [0.25, 0.3) is 0 Å². The summed E-state index contributed by atoms with van der Waals surface area (Å²) in [6.07, 6.45) is 1.79. The lowest BCUT2D eigenvalue weighted by molar-refractivity contribution is -0.109. The standard InChI is InChI=1S/C22H26Cl2N2O/c1-21(2,3)12-19-22(25,15-7-9-16(23)10-8-15)20(18(13-27)26-19)14-5-4-6-17(24)11-14/h4-11,13,18-20,26H,12,25H2,1-3H3/t18-,19-,20-,22+/m0/s1. The van der Waals surface area contributed by atoms with E-state index in [0.717, 1.165) is 23.8 Å². The molecule has 0 radical (unpaired) electrons. The highest BCUT2D eigenvalue weighted by Gasteiger charge is 2.54. The molecule has 27 heavy (non-hydrogen) atoms. The molecule has 1 heterocycles. The van der Waals surface area contributed by atoms with Gasteiger partial charge in [0.1, 0.15) is 6.29 Å². The first-order valence-corrected chi connectivity index (χ1v) is 9.92. The van der Waals surface area contributed by atoms with Crippen molar-refractivity contribution in [1.29, 1.82) is 0 Å². The van der Waals surface area contributed by atoms with E-state index in [9.17, 15) is 4.79 Å². The van der Waals surface area contributed by atoms with Crippen LogP contribution in [-0.4, -0.2) is 18.4 Å². The van der Waals surface area contributed by atoms with E-state index in [-0.39, 0.29) is 17.4 Å². The number of carbonyl (C=O) groups excluding carboxylic acids is 1. The number of nitrogens with two attached hydrogens (primary N) is 1. The van der Waals surface area contributed by atoms with E-state index in [4.69, 9.17) is 28.9 Å². The number of rotatable bonds is 4. The van der Waals surface area contributed by atoms with Crippen molar-refractivity contribution in [3.63, 3.8) is 0 Å². The second-order valence-corrected chi connectivity index (χ2v) is 9.49. The molecule has 5 heteroatoms. The third kappa shape index (κ3) is 4.07. The summed E-state index contributed by atoms with van der Waals surface area (Å²) in [5.41, 5.74) is 8.36. The highest BCUT2D eigenvalue weighted by atomic mass is 35.5. The summed E-state index contributed by atoms with van der Waals surface area (Å²) in [6, 6.07) is 14.8. The van der Waals surface area contributed by atoms with Crippen LogP contribution in [0.1, 0.15) is 44.2 Å². The number of halogens is 2. The minimum atomic E-state index is -0.770. The van der Waals surface area contributed by atoms with E-state index in [1.165, 1.54) is 0 Å². The number of hydrogen-bond donors (Lipinski definition) is 2. The fourth-order valence-electron chi connectivity index (χ4n) is 4.24. The van der Waals surface area contributed by atoms with Gasteiger partial charge in [0.15, 0.2) is 0 Å². The van der Waals surface area contributed by atoms with Crippen LogP contribution in [0.15, 0.2) is 48.5 Å². The van der Waals surface area contributed by atoms with Crippen molar-refractivity contribution < 1.29 is 4.79 Å². The smallest absolute Gasteiger partial charge is 0.137 e. The number of aldehydes is 1. The third-order valence-corrected chi connectivity index (χ3v) is 5.85. The highest BCUT2D eigenvalue weighted by Crippen LogP contribution is 2.47. The Balaban J connectivity index is 2.17. The molecule has 0 aliphatic carbocycles. The van der Waals surface area contributed by atoms with Crippen LogP contribution in [0.2, 0.25) is 10.0 Å². The van der Waals surface area contributed by atoms with Gasteiger partial charge in [0.05, 0.1) is 11.6 Å². The van der Waals surface area contributed by atoms with Crippen LogP contribution in [0.5, 0.6) is 0 Å². The molecule has 1 fully saturated rings. The number of benzene rings is 2. The molecule has 2 aromatic rings. The van der Waals surface area contributed by atoms with Crippen molar-refractivity contribution in [3.05, 3.63) is 69.7 Å². The summed E-state index contributed by atoms with van der Waals surface area (Å²) in [4.78, 5) is 12.0. The van der Waals surface area contributed by atoms with Gasteiger partial charge >= 0.3 is 0 Å². The van der Waals surface area contributed by atoms with Crippen molar-refractivity contribution in [2.45, 2.75) is 50.7 Å². The first-order chi connectivity index (χ1) is 12.6. The Hall–Kier alpha value is -1.39. The van der Waals surface area contributed by atoms with E-state index in [1.54, 1.807) is 0 Å². The Morgan fingerprint density at radius 2 is 1.78 bits per heavy atom. The predicted molar refractivity (Wildman–Crippen MR) is 112 cm³/mol. The lowest BCUT2D eigenvalue weighted by Crippen LogP contribution is -2.51. The minimum Gasteiger partial charge on any atom is -0.320 e. The number of hydrogen-bond acceptors (Lipinski definition) is 3. The SMILES string of the molecule is CC(C)(C)C[C@@H]1N[C@@H](C=O)[C@H](c2cccc(Cl)c2)[C@@]1(N)c1ccc(Cl)cc1. The minimum absolute atomic E-state index is 0.0470. The molecule has 3 rings (SSSR count). The van der Waals surface area contributed by atoms with Crippen LogP contribution in [0.4, 0.5) is 0 Å². The van der Waals surface area contributed by atoms with Crippen molar-refractivity contribution >= 4 is 29.5 Å². The zero-order valence-electron chi connectivity index (χ0n) is 15.9. The molecule has 1 saturated heterocycles. The second-order valence-electron chi connectivity index (χ2n) is 8.62. The number of carbonyl (C=O) groups is 1. The molecule has 1 aliphatic rings. The van der Waals surface area contributed by atoms with Gasteiger partial charge in [-0.3, -0.25) is 0 Å². The van der Waals surface area contributed by atoms with Gasteiger partial charge in [0.2, 0.25) is 0 Å². The summed E-state index contributed by atoms with van der Waals surface area (Å²) in [5, 5.41) is 4.79. The average Bonchev–Trinajstić information content (AvgIpc) is 2.87. The van der Waals surface area contributed by atoms with Gasteiger partial charge in [-0.25, -0.2) is 0 Å². The second kappa shape index (κ2) is 7.56. The highest BCUT2D eigenvalue weighted by molar-refractivity contribution is 6.30. The van der Waals surface area contributed by atoms with Crippen molar-refractivity contribution in [1.82, 2.24) is 5.32 Å². The first-order valence-electron chi connectivity index (χ1n) is 9.17. The van der Waals surface area contributed by atoms with Crippen LogP contribution < -0.4 is 11.1 Å². The largest absolute Gasteiger partial charge is 0.320 e. The van der Waals surface area contributed by atoms with Gasteiger partial charge in [-0.05, 0) is 47.2 Å². The lowest BCUT2D eigenvalue weighted by atomic mass is 9.69. The average molecular weight is 405 g/mol. The summed E-state index contributed by atoms with van der Waals surface area (Å²) in [6.45, 7) is 6.54. The van der Waals surface area contributed by atoms with Gasteiger partial charge in [-0.15, -0.1) is 0 Å². The Bertz CT molecular complexity index is 816. The van der Waals surface area contributed by atoms with Crippen LogP contribution >= 0.6 is 23.2 Å². The maximum Gasteiger partial charge on any atom is 0.137 e. The fourth-order valence-corrected chi connectivity index (χ4v) is 4.57. The maximum absolute atomic E-state index is 12.0. The summed E-state index contributed by atoms with van der Waals surface area (Å²) in [5.74, 6) is -0.234. The molecule has 0 aromatic heterocycles. The molecule has 0 spiro atoms. The molecule has 144 valence electrons. The molecule has 0 amide bonds. The van der Waals surface area contributed by atoms with Crippen LogP contribution in [-0.2, 0) is 10.3 Å². The number of nitrogens with one attached hydrogen (secondary N) is 1. The fraction of sp³-hybridized carbons (Fsp3) is 0.409. The van der Waals surface area contributed by atoms with Gasteiger partial charge in [0.25, 0.3) is 0 Å². The molecule has 4 atom stereocenters. The Morgan fingerprint density at radius 1 is 1.11 bits per heavy atom. The molecule has 0 bridgehead atoms. The zero-order valence-corrected chi connectivity index (χ0v) is 17.4. The monoisotopic (exact) mass is 404 g/mol. The Morgan fingerprint density at radius 3 is 2.33 bits per heavy atom. The van der Waals surface area contributed by atoms with Crippen molar-refractivity contribution in [2.75, 3.05) is 0 Å². The Labute approximate surface area is 171 Å². The summed E-state index contributed by atoms with van der Waals surface area (Å²) < 4.78 is 0. The van der Waals surface area contributed by atoms with Gasteiger partial charge in [-0.1, -0.05) is 68.2 Å². The lowest BCUT2D eigenvalue weighted by Gasteiger charge is -2.39. The third-order valence-electron chi connectivity index (χ3n) is 5.36. The van der Waals surface area contributed by atoms with E-state index in [1.807, 2.05) is 48.5 Å². The summed E-state index contributed by atoms with van der Waals surface area (Å²) >= 11 is 12.4. The zero-order chi connectivity index (χ0) is 19.8. The van der Waals surface area contributed by atoms with Crippen LogP contribution in [0, 0.1) is 5.41 Å². The molecular formula is C22H26Cl2N2O.